The molecule has 1 atom stereocenters. The lowest BCUT2D eigenvalue weighted by Gasteiger charge is -2.17. The summed E-state index contributed by atoms with van der Waals surface area (Å²) >= 11 is 0. The molecule has 0 amide bonds. The van der Waals surface area contributed by atoms with Gasteiger partial charge in [-0.1, -0.05) is 12.1 Å². The highest BCUT2D eigenvalue weighted by atomic mass is 19.4. The second kappa shape index (κ2) is 7.42. The highest BCUT2D eigenvalue weighted by Crippen LogP contribution is 2.30. The number of aromatic nitrogens is 4. The molecule has 2 aromatic heterocycles. The van der Waals surface area contributed by atoms with Crippen molar-refractivity contribution >= 4 is 0 Å². The molecular formula is C17H15F3N4O2. The molecule has 0 saturated heterocycles. The van der Waals surface area contributed by atoms with Crippen molar-refractivity contribution in [2.24, 2.45) is 0 Å². The summed E-state index contributed by atoms with van der Waals surface area (Å²) in [5, 5.41) is 0. The van der Waals surface area contributed by atoms with E-state index in [0.717, 1.165) is 17.0 Å². The third kappa shape index (κ3) is 4.50. The van der Waals surface area contributed by atoms with Crippen molar-refractivity contribution in [2.75, 3.05) is 7.11 Å². The largest absolute Gasteiger partial charge is 0.573 e. The second-order valence-electron chi connectivity index (χ2n) is 5.42. The van der Waals surface area contributed by atoms with E-state index in [1.807, 2.05) is 0 Å². The minimum atomic E-state index is -4.72. The number of ether oxygens (including phenoxy) is 2. The maximum atomic E-state index is 12.3. The van der Waals surface area contributed by atoms with Crippen LogP contribution < -0.4 is 9.47 Å². The molecule has 0 fully saturated rings. The number of imidazole rings is 1. The Morgan fingerprint density at radius 2 is 1.92 bits per heavy atom. The maximum absolute atomic E-state index is 12.3. The van der Waals surface area contributed by atoms with Gasteiger partial charge in [0.2, 0.25) is 0 Å². The van der Waals surface area contributed by atoms with E-state index in [1.54, 1.807) is 36.9 Å². The number of methoxy groups -OCH3 is 1. The first kappa shape index (κ1) is 17.7. The van der Waals surface area contributed by atoms with Crippen LogP contribution in [-0.2, 0) is 6.42 Å². The van der Waals surface area contributed by atoms with Gasteiger partial charge in [-0.3, -0.25) is 0 Å². The minimum absolute atomic E-state index is 0.183. The molecule has 0 saturated carbocycles. The Kier molecular flexibility index (Phi) is 5.06. The van der Waals surface area contributed by atoms with Crippen molar-refractivity contribution < 1.29 is 22.6 Å². The molecule has 1 aromatic carbocycles. The maximum Gasteiger partial charge on any atom is 0.573 e. The van der Waals surface area contributed by atoms with Crippen molar-refractivity contribution in [2.45, 2.75) is 18.7 Å². The molecule has 9 heteroatoms. The predicted molar refractivity (Wildman–Crippen MR) is 85.8 cm³/mol. The second-order valence-corrected chi connectivity index (χ2v) is 5.42. The van der Waals surface area contributed by atoms with Crippen LogP contribution in [0, 0.1) is 0 Å². The lowest BCUT2D eigenvalue weighted by atomic mass is 9.91. The summed E-state index contributed by atoms with van der Waals surface area (Å²) in [6.45, 7) is 0. The molecular weight excluding hydrogens is 349 g/mol. The monoisotopic (exact) mass is 364 g/mol. The van der Waals surface area contributed by atoms with E-state index >= 15 is 0 Å². The van der Waals surface area contributed by atoms with Gasteiger partial charge in [0.25, 0.3) is 0 Å². The zero-order valence-electron chi connectivity index (χ0n) is 13.7. The van der Waals surface area contributed by atoms with Crippen LogP contribution in [0.5, 0.6) is 11.8 Å². The smallest absolute Gasteiger partial charge is 0.467 e. The molecule has 3 rings (SSSR count). The molecule has 1 N–H and O–H groups in total. The van der Waals surface area contributed by atoms with Crippen molar-refractivity contribution in [3.63, 3.8) is 0 Å². The number of halogens is 3. The highest BCUT2D eigenvalue weighted by molar-refractivity contribution is 5.34. The number of alkyl halides is 3. The molecule has 0 aliphatic heterocycles. The van der Waals surface area contributed by atoms with Gasteiger partial charge in [0.1, 0.15) is 5.75 Å². The highest BCUT2D eigenvalue weighted by Gasteiger charge is 2.31. The lowest BCUT2D eigenvalue weighted by molar-refractivity contribution is -0.274. The SMILES string of the molecule is COc1nccc(CC(c2ccc(OC(F)(F)F)cc2)c2cnc[nH]2)n1. The molecule has 0 aliphatic carbocycles. The molecule has 3 aromatic rings. The zero-order valence-corrected chi connectivity index (χ0v) is 13.7. The van der Waals surface area contributed by atoms with E-state index in [2.05, 4.69) is 24.7 Å². The van der Waals surface area contributed by atoms with Crippen LogP contribution in [0.25, 0.3) is 0 Å². The van der Waals surface area contributed by atoms with Gasteiger partial charge in [-0.15, -0.1) is 13.2 Å². The van der Waals surface area contributed by atoms with Crippen molar-refractivity contribution in [1.29, 1.82) is 0 Å². The van der Waals surface area contributed by atoms with Gasteiger partial charge >= 0.3 is 12.4 Å². The van der Waals surface area contributed by atoms with Crippen LogP contribution in [0.3, 0.4) is 0 Å². The number of H-pyrrole nitrogens is 1. The molecule has 136 valence electrons. The van der Waals surface area contributed by atoms with Crippen LogP contribution in [0.15, 0.2) is 49.1 Å². The van der Waals surface area contributed by atoms with Crippen molar-refractivity contribution in [1.82, 2.24) is 19.9 Å². The fourth-order valence-corrected chi connectivity index (χ4v) is 2.56. The number of rotatable bonds is 6. The Labute approximate surface area is 147 Å². The Morgan fingerprint density at radius 1 is 1.15 bits per heavy atom. The van der Waals surface area contributed by atoms with Crippen molar-refractivity contribution in [3.8, 4) is 11.8 Å². The van der Waals surface area contributed by atoms with Gasteiger partial charge in [0, 0.05) is 36.1 Å². The van der Waals surface area contributed by atoms with Crippen LogP contribution in [0.4, 0.5) is 13.2 Å². The molecule has 1 unspecified atom stereocenters. The summed E-state index contributed by atoms with van der Waals surface area (Å²) in [4.78, 5) is 15.3. The Morgan fingerprint density at radius 3 is 2.54 bits per heavy atom. The zero-order chi connectivity index (χ0) is 18.6. The Balaban J connectivity index is 1.87. The Hall–Kier alpha value is -3.10. The summed E-state index contributed by atoms with van der Waals surface area (Å²) in [6, 6.07) is 7.75. The van der Waals surface area contributed by atoms with E-state index < -0.39 is 6.36 Å². The third-order valence-corrected chi connectivity index (χ3v) is 3.70. The lowest BCUT2D eigenvalue weighted by Crippen LogP contribution is -2.17. The number of nitrogens with zero attached hydrogens (tertiary/aromatic N) is 3. The van der Waals surface area contributed by atoms with E-state index in [0.29, 0.717) is 6.42 Å². The fourth-order valence-electron chi connectivity index (χ4n) is 2.56. The number of benzene rings is 1. The molecule has 0 spiro atoms. The number of hydrogen-bond acceptors (Lipinski definition) is 5. The van der Waals surface area contributed by atoms with Crippen LogP contribution in [0.1, 0.15) is 22.9 Å². The van der Waals surface area contributed by atoms with Gasteiger partial charge in [-0.2, -0.15) is 0 Å². The summed E-state index contributed by atoms with van der Waals surface area (Å²) in [7, 11) is 1.48. The third-order valence-electron chi connectivity index (χ3n) is 3.70. The standard InChI is InChI=1S/C17H15F3N4O2/c1-25-16-22-7-6-12(24-16)8-14(15-9-21-10-23-15)11-2-4-13(5-3-11)26-17(18,19)20/h2-7,9-10,14H,8H2,1H3,(H,21,23). The molecule has 2 heterocycles. The average Bonchev–Trinajstić information content (AvgIpc) is 3.14. The van der Waals surface area contributed by atoms with E-state index in [9.17, 15) is 13.2 Å². The number of hydrogen-bond donors (Lipinski definition) is 1. The Bertz CT molecular complexity index is 836. The quantitative estimate of drug-likeness (QED) is 0.725. The summed E-state index contributed by atoms with van der Waals surface area (Å²) in [5.41, 5.74) is 2.33. The summed E-state index contributed by atoms with van der Waals surface area (Å²) in [5.74, 6) is -0.453. The van der Waals surface area contributed by atoms with Gasteiger partial charge < -0.3 is 14.5 Å². The molecule has 0 radical (unpaired) electrons. The summed E-state index contributed by atoms with van der Waals surface area (Å²) < 4.78 is 45.9. The van der Waals surface area contributed by atoms with E-state index in [-0.39, 0.29) is 17.7 Å². The topological polar surface area (TPSA) is 72.9 Å². The van der Waals surface area contributed by atoms with Crippen LogP contribution in [0.2, 0.25) is 0 Å². The first-order valence-electron chi connectivity index (χ1n) is 7.64. The number of aromatic amines is 1. The molecule has 26 heavy (non-hydrogen) atoms. The van der Waals surface area contributed by atoms with Crippen LogP contribution >= 0.6 is 0 Å². The molecule has 6 nitrogen and oxygen atoms in total. The molecule has 0 bridgehead atoms. The average molecular weight is 364 g/mol. The number of nitrogens with one attached hydrogen (secondary N) is 1. The fraction of sp³-hybridized carbons (Fsp3) is 0.235. The van der Waals surface area contributed by atoms with Crippen molar-refractivity contribution in [3.05, 3.63) is 66.0 Å². The van der Waals surface area contributed by atoms with E-state index in [1.165, 1.54) is 19.2 Å². The predicted octanol–water partition coefficient (Wildman–Crippen LogP) is 3.48. The van der Waals surface area contributed by atoms with Gasteiger partial charge in [-0.05, 0) is 23.8 Å². The summed E-state index contributed by atoms with van der Waals surface area (Å²) in [6.07, 6.45) is 0.570. The van der Waals surface area contributed by atoms with E-state index in [4.69, 9.17) is 4.74 Å². The van der Waals surface area contributed by atoms with Gasteiger partial charge in [-0.25, -0.2) is 15.0 Å². The minimum Gasteiger partial charge on any atom is -0.467 e. The van der Waals surface area contributed by atoms with Gasteiger partial charge in [0.15, 0.2) is 0 Å². The first-order valence-corrected chi connectivity index (χ1v) is 7.64. The first-order chi connectivity index (χ1) is 12.4. The molecule has 0 aliphatic rings. The normalized spacial score (nSPS) is 12.6. The van der Waals surface area contributed by atoms with Crippen LogP contribution in [-0.4, -0.2) is 33.4 Å². The van der Waals surface area contributed by atoms with Gasteiger partial charge in [0.05, 0.1) is 13.4 Å².